The van der Waals surface area contributed by atoms with Gasteiger partial charge in [-0.25, -0.2) is 0 Å². The van der Waals surface area contributed by atoms with Crippen molar-refractivity contribution in [2.75, 3.05) is 0 Å². The number of fused-ring (bicyclic) bond motifs is 5. The zero-order valence-corrected chi connectivity index (χ0v) is 10.5. The molecule has 18 heavy (non-hydrogen) atoms. The van der Waals surface area contributed by atoms with Crippen LogP contribution in [0.4, 0.5) is 0 Å². The summed E-state index contributed by atoms with van der Waals surface area (Å²) in [7, 11) is 0. The Labute approximate surface area is 107 Å². The number of carbonyl (C=O) groups excluding carboxylic acids is 2. The van der Waals surface area contributed by atoms with Crippen molar-refractivity contribution >= 4 is 11.8 Å². The third-order valence-electron chi connectivity index (χ3n) is 5.44. The van der Waals surface area contributed by atoms with E-state index >= 15 is 0 Å². The summed E-state index contributed by atoms with van der Waals surface area (Å²) < 4.78 is 0. The monoisotopic (exact) mass is 245 g/mol. The maximum absolute atomic E-state index is 12.6. The van der Waals surface area contributed by atoms with Crippen LogP contribution in [0.15, 0.2) is 12.2 Å². The third kappa shape index (κ3) is 1.25. The minimum Gasteiger partial charge on any atom is -0.279 e. The van der Waals surface area contributed by atoms with Crippen molar-refractivity contribution in [3.63, 3.8) is 0 Å². The quantitative estimate of drug-likeness (QED) is 0.524. The van der Waals surface area contributed by atoms with Crippen molar-refractivity contribution in [2.24, 2.45) is 23.7 Å². The number of carbonyl (C=O) groups is 2. The highest BCUT2D eigenvalue weighted by Gasteiger charge is 2.60. The van der Waals surface area contributed by atoms with Gasteiger partial charge in [0.2, 0.25) is 11.8 Å². The fourth-order valence-electron chi connectivity index (χ4n) is 4.62. The Kier molecular flexibility index (Phi) is 2.21. The number of hydrogen-bond acceptors (Lipinski definition) is 2. The van der Waals surface area contributed by atoms with Gasteiger partial charge in [0, 0.05) is 6.04 Å². The minimum atomic E-state index is -0.00516. The molecule has 3 nitrogen and oxygen atoms in total. The van der Waals surface area contributed by atoms with Gasteiger partial charge in [-0.15, -0.1) is 0 Å². The lowest BCUT2D eigenvalue weighted by Crippen LogP contribution is -2.42. The highest BCUT2D eigenvalue weighted by molar-refractivity contribution is 6.06. The van der Waals surface area contributed by atoms with E-state index in [9.17, 15) is 9.59 Å². The first-order valence-corrected chi connectivity index (χ1v) is 7.32. The van der Waals surface area contributed by atoms with Crippen LogP contribution in [-0.4, -0.2) is 22.8 Å². The van der Waals surface area contributed by atoms with Gasteiger partial charge in [0.1, 0.15) is 0 Å². The molecule has 2 amide bonds. The highest BCUT2D eigenvalue weighted by Crippen LogP contribution is 2.53. The van der Waals surface area contributed by atoms with E-state index in [0.29, 0.717) is 11.8 Å². The number of hydrogen-bond donors (Lipinski definition) is 0. The van der Waals surface area contributed by atoms with E-state index in [4.69, 9.17) is 0 Å². The standard InChI is InChI=1S/C15H19NO2/c17-14-12-9-6-7-10(8-9)13(12)15(18)16(14)11-4-2-1-3-5-11/h6-7,9-13H,1-5,8H2/t9-,10-,12+,13+/m0/s1. The van der Waals surface area contributed by atoms with E-state index in [1.807, 2.05) is 0 Å². The second-order valence-electron chi connectivity index (χ2n) is 6.34. The summed E-state index contributed by atoms with van der Waals surface area (Å²) in [6, 6.07) is 0.212. The number of nitrogens with zero attached hydrogens (tertiary/aromatic N) is 1. The lowest BCUT2D eigenvalue weighted by atomic mass is 9.85. The molecule has 3 aliphatic carbocycles. The Bertz CT molecular complexity index is 406. The molecule has 1 saturated heterocycles. The molecule has 0 aromatic rings. The van der Waals surface area contributed by atoms with Crippen LogP contribution >= 0.6 is 0 Å². The van der Waals surface area contributed by atoms with Gasteiger partial charge in [0.15, 0.2) is 0 Å². The fraction of sp³-hybridized carbons (Fsp3) is 0.733. The van der Waals surface area contributed by atoms with Crippen LogP contribution < -0.4 is 0 Å². The van der Waals surface area contributed by atoms with Crippen molar-refractivity contribution in [1.82, 2.24) is 4.90 Å². The molecule has 96 valence electrons. The maximum atomic E-state index is 12.6. The molecule has 1 aliphatic heterocycles. The Morgan fingerprint density at radius 1 is 0.889 bits per heavy atom. The number of likely N-dealkylation sites (tertiary alicyclic amines) is 1. The van der Waals surface area contributed by atoms with E-state index in [-0.39, 0.29) is 29.7 Å². The molecule has 0 spiro atoms. The predicted molar refractivity (Wildman–Crippen MR) is 66.4 cm³/mol. The Morgan fingerprint density at radius 3 is 2.00 bits per heavy atom. The fourth-order valence-corrected chi connectivity index (χ4v) is 4.62. The first-order valence-electron chi connectivity index (χ1n) is 7.32. The molecule has 4 atom stereocenters. The van der Waals surface area contributed by atoms with Gasteiger partial charge in [0.05, 0.1) is 11.8 Å². The topological polar surface area (TPSA) is 37.4 Å². The minimum absolute atomic E-state index is 0.00516. The third-order valence-corrected chi connectivity index (χ3v) is 5.44. The molecule has 4 rings (SSSR count). The van der Waals surface area contributed by atoms with E-state index in [1.54, 1.807) is 4.90 Å². The zero-order valence-electron chi connectivity index (χ0n) is 10.5. The van der Waals surface area contributed by atoms with Crippen molar-refractivity contribution in [1.29, 1.82) is 0 Å². The Morgan fingerprint density at radius 2 is 1.44 bits per heavy atom. The molecule has 4 aliphatic rings. The number of rotatable bonds is 1. The predicted octanol–water partition coefficient (Wildman–Crippen LogP) is 2.13. The largest absolute Gasteiger partial charge is 0.279 e. The molecular formula is C15H19NO2. The Balaban J connectivity index is 1.63. The number of imide groups is 1. The molecular weight excluding hydrogens is 226 g/mol. The molecule has 3 heteroatoms. The van der Waals surface area contributed by atoms with Crippen molar-refractivity contribution in [3.8, 4) is 0 Å². The lowest BCUT2D eigenvalue weighted by molar-refractivity contribution is -0.144. The van der Waals surface area contributed by atoms with Crippen LogP contribution in [-0.2, 0) is 9.59 Å². The van der Waals surface area contributed by atoms with Crippen molar-refractivity contribution in [3.05, 3.63) is 12.2 Å². The van der Waals surface area contributed by atoms with E-state index in [1.165, 1.54) is 19.3 Å². The second kappa shape index (κ2) is 3.69. The molecule has 2 saturated carbocycles. The first-order chi connectivity index (χ1) is 8.77. The van der Waals surface area contributed by atoms with Gasteiger partial charge in [-0.2, -0.15) is 0 Å². The molecule has 2 bridgehead atoms. The maximum Gasteiger partial charge on any atom is 0.233 e. The van der Waals surface area contributed by atoms with Gasteiger partial charge in [-0.3, -0.25) is 14.5 Å². The van der Waals surface area contributed by atoms with Gasteiger partial charge in [-0.05, 0) is 31.1 Å². The summed E-state index contributed by atoms with van der Waals surface area (Å²) in [6.45, 7) is 0. The van der Waals surface area contributed by atoms with Crippen LogP contribution in [0.3, 0.4) is 0 Å². The molecule has 0 N–H and O–H groups in total. The molecule has 0 aromatic heterocycles. The highest BCUT2D eigenvalue weighted by atomic mass is 16.2. The van der Waals surface area contributed by atoms with E-state index < -0.39 is 0 Å². The van der Waals surface area contributed by atoms with Gasteiger partial charge >= 0.3 is 0 Å². The van der Waals surface area contributed by atoms with Gasteiger partial charge in [0.25, 0.3) is 0 Å². The van der Waals surface area contributed by atoms with Crippen LogP contribution in [0, 0.1) is 23.7 Å². The summed E-state index contributed by atoms with van der Waals surface area (Å²) in [5.74, 6) is 0.987. The SMILES string of the molecule is O=C1[C@H]2[C@H](C(=O)N1C1CCCCC1)[C@H]1C=C[C@H]2C1. The summed E-state index contributed by atoms with van der Waals surface area (Å²) >= 11 is 0. The van der Waals surface area contributed by atoms with Crippen LogP contribution in [0.2, 0.25) is 0 Å². The van der Waals surface area contributed by atoms with Crippen molar-refractivity contribution in [2.45, 2.75) is 44.6 Å². The average Bonchev–Trinajstić information content (AvgIpc) is 3.05. The van der Waals surface area contributed by atoms with Crippen LogP contribution in [0.5, 0.6) is 0 Å². The molecule has 3 fully saturated rings. The molecule has 0 aromatic carbocycles. The number of amides is 2. The normalized spacial score (nSPS) is 43.0. The molecule has 0 radical (unpaired) electrons. The van der Waals surface area contributed by atoms with Crippen LogP contribution in [0.1, 0.15) is 38.5 Å². The summed E-state index contributed by atoms with van der Waals surface area (Å²) in [6.07, 6.45) is 11.0. The van der Waals surface area contributed by atoms with Gasteiger partial charge < -0.3 is 0 Å². The second-order valence-corrected chi connectivity index (χ2v) is 6.34. The Hall–Kier alpha value is -1.12. The average molecular weight is 245 g/mol. The summed E-state index contributed by atoms with van der Waals surface area (Å²) in [5, 5.41) is 0. The smallest absolute Gasteiger partial charge is 0.233 e. The van der Waals surface area contributed by atoms with E-state index in [2.05, 4.69) is 12.2 Å². The van der Waals surface area contributed by atoms with E-state index in [0.717, 1.165) is 19.3 Å². The summed E-state index contributed by atoms with van der Waals surface area (Å²) in [5.41, 5.74) is 0. The molecule has 1 heterocycles. The lowest BCUT2D eigenvalue weighted by Gasteiger charge is -2.30. The van der Waals surface area contributed by atoms with Crippen molar-refractivity contribution < 1.29 is 9.59 Å². The number of allylic oxidation sites excluding steroid dienone is 2. The summed E-state index contributed by atoms with van der Waals surface area (Å²) in [4.78, 5) is 26.8. The van der Waals surface area contributed by atoms with Gasteiger partial charge in [-0.1, -0.05) is 31.4 Å². The molecule has 0 unspecified atom stereocenters. The zero-order chi connectivity index (χ0) is 12.3. The first kappa shape index (κ1) is 10.8. The van der Waals surface area contributed by atoms with Crippen LogP contribution in [0.25, 0.3) is 0 Å².